The Morgan fingerprint density at radius 1 is 1.47 bits per heavy atom. The fourth-order valence-electron chi connectivity index (χ4n) is 1.27. The zero-order chi connectivity index (χ0) is 13.9. The van der Waals surface area contributed by atoms with Crippen LogP contribution in [-0.4, -0.2) is 34.9 Å². The van der Waals surface area contributed by atoms with Crippen LogP contribution in [0.3, 0.4) is 0 Å². The summed E-state index contributed by atoms with van der Waals surface area (Å²) in [6.45, 7) is -0.281. The van der Waals surface area contributed by atoms with Crippen molar-refractivity contribution in [2.24, 2.45) is 0 Å². The normalized spacial score (nSPS) is 11.2. The molecule has 0 radical (unpaired) electrons. The third kappa shape index (κ3) is 3.57. The molecule has 0 spiro atoms. The zero-order valence-electron chi connectivity index (χ0n) is 9.89. The maximum atomic E-state index is 10.8. The van der Waals surface area contributed by atoms with Gasteiger partial charge in [-0.05, 0) is 23.4 Å². The first kappa shape index (κ1) is 13.1. The molecule has 1 heterocycles. The van der Waals surface area contributed by atoms with E-state index in [9.17, 15) is 8.42 Å². The standard InChI is InChI=1S/C10H9N5O3S/c1-19(16,17)18-7-10-12-14-15(13-10)9-4-2-3-8(5-9)6-11/h2-5H,7H2,1H3. The molecule has 19 heavy (non-hydrogen) atoms. The lowest BCUT2D eigenvalue weighted by Gasteiger charge is -1.98. The van der Waals surface area contributed by atoms with Crippen LogP contribution in [0, 0.1) is 11.3 Å². The van der Waals surface area contributed by atoms with E-state index in [1.54, 1.807) is 24.3 Å². The summed E-state index contributed by atoms with van der Waals surface area (Å²) in [5, 5.41) is 20.2. The molecule has 0 aliphatic rings. The molecule has 9 heteroatoms. The number of hydrogen-bond donors (Lipinski definition) is 0. The minimum atomic E-state index is -3.55. The number of hydrogen-bond acceptors (Lipinski definition) is 7. The van der Waals surface area contributed by atoms with Crippen LogP contribution in [0.2, 0.25) is 0 Å². The van der Waals surface area contributed by atoms with Gasteiger partial charge in [0, 0.05) is 0 Å². The van der Waals surface area contributed by atoms with Crippen LogP contribution in [0.25, 0.3) is 5.69 Å². The highest BCUT2D eigenvalue weighted by molar-refractivity contribution is 7.85. The molecular weight excluding hydrogens is 270 g/mol. The predicted molar refractivity (Wildman–Crippen MR) is 63.5 cm³/mol. The number of nitriles is 1. The van der Waals surface area contributed by atoms with Crippen LogP contribution in [0.1, 0.15) is 11.4 Å². The molecule has 0 unspecified atom stereocenters. The molecule has 0 N–H and O–H groups in total. The zero-order valence-corrected chi connectivity index (χ0v) is 10.7. The lowest BCUT2D eigenvalue weighted by Crippen LogP contribution is -2.04. The average molecular weight is 279 g/mol. The van der Waals surface area contributed by atoms with Gasteiger partial charge in [0.25, 0.3) is 10.1 Å². The van der Waals surface area contributed by atoms with Gasteiger partial charge in [0.05, 0.1) is 23.6 Å². The summed E-state index contributed by atoms with van der Waals surface area (Å²) >= 11 is 0. The molecule has 0 aliphatic heterocycles. The molecule has 0 bridgehead atoms. The predicted octanol–water partition coefficient (Wildman–Crippen LogP) is 0.0102. The largest absolute Gasteiger partial charge is 0.264 e. The quantitative estimate of drug-likeness (QED) is 0.725. The number of nitrogens with zero attached hydrogens (tertiary/aromatic N) is 5. The van der Waals surface area contributed by atoms with Crippen molar-refractivity contribution in [2.75, 3.05) is 6.26 Å². The number of tetrazole rings is 1. The minimum Gasteiger partial charge on any atom is -0.262 e. The van der Waals surface area contributed by atoms with Gasteiger partial charge in [0.1, 0.15) is 6.61 Å². The summed E-state index contributed by atoms with van der Waals surface area (Å²) in [6, 6.07) is 8.61. The molecule has 2 rings (SSSR count). The first-order chi connectivity index (χ1) is 8.98. The third-order valence-electron chi connectivity index (χ3n) is 2.06. The van der Waals surface area contributed by atoms with Crippen molar-refractivity contribution in [3.63, 3.8) is 0 Å². The van der Waals surface area contributed by atoms with Gasteiger partial charge in [-0.3, -0.25) is 4.18 Å². The summed E-state index contributed by atoms with van der Waals surface area (Å²) < 4.78 is 26.2. The number of aromatic nitrogens is 4. The Morgan fingerprint density at radius 2 is 2.26 bits per heavy atom. The second kappa shape index (κ2) is 5.13. The summed E-state index contributed by atoms with van der Waals surface area (Å²) in [5.41, 5.74) is 1.01. The van der Waals surface area contributed by atoms with Gasteiger partial charge in [-0.1, -0.05) is 6.07 Å². The summed E-state index contributed by atoms with van der Waals surface area (Å²) in [5.74, 6) is 0.132. The highest BCUT2D eigenvalue weighted by atomic mass is 32.2. The molecular formula is C10H9N5O3S. The van der Waals surface area contributed by atoms with Crippen molar-refractivity contribution < 1.29 is 12.6 Å². The lowest BCUT2D eigenvalue weighted by atomic mass is 10.2. The van der Waals surface area contributed by atoms with Crippen molar-refractivity contribution in [2.45, 2.75) is 6.61 Å². The molecule has 0 saturated carbocycles. The smallest absolute Gasteiger partial charge is 0.262 e. The number of rotatable bonds is 4. The third-order valence-corrected chi connectivity index (χ3v) is 2.61. The van der Waals surface area contributed by atoms with E-state index in [4.69, 9.17) is 5.26 Å². The van der Waals surface area contributed by atoms with E-state index in [2.05, 4.69) is 19.6 Å². The van der Waals surface area contributed by atoms with E-state index in [1.165, 1.54) is 4.80 Å². The molecule has 0 fully saturated rings. The monoisotopic (exact) mass is 279 g/mol. The Balaban J connectivity index is 2.19. The van der Waals surface area contributed by atoms with Gasteiger partial charge < -0.3 is 0 Å². The average Bonchev–Trinajstić information content (AvgIpc) is 2.84. The summed E-state index contributed by atoms with van der Waals surface area (Å²) in [7, 11) is -3.55. The van der Waals surface area contributed by atoms with Gasteiger partial charge in [0.15, 0.2) is 0 Å². The van der Waals surface area contributed by atoms with E-state index >= 15 is 0 Å². The van der Waals surface area contributed by atoms with Gasteiger partial charge in [-0.2, -0.15) is 13.7 Å². The van der Waals surface area contributed by atoms with E-state index in [-0.39, 0.29) is 12.4 Å². The molecule has 98 valence electrons. The molecule has 2 aromatic rings. The van der Waals surface area contributed by atoms with Crippen molar-refractivity contribution >= 4 is 10.1 Å². The van der Waals surface area contributed by atoms with Gasteiger partial charge in [-0.25, -0.2) is 0 Å². The Labute approximate surface area is 109 Å². The first-order valence-electron chi connectivity index (χ1n) is 5.12. The Kier molecular flexibility index (Phi) is 3.55. The topological polar surface area (TPSA) is 111 Å². The van der Waals surface area contributed by atoms with Crippen LogP contribution in [0.4, 0.5) is 0 Å². The maximum absolute atomic E-state index is 10.8. The van der Waals surface area contributed by atoms with Gasteiger partial charge in [-0.15, -0.1) is 15.0 Å². The van der Waals surface area contributed by atoms with Crippen LogP contribution < -0.4 is 0 Å². The van der Waals surface area contributed by atoms with Crippen molar-refractivity contribution in [3.8, 4) is 11.8 Å². The molecule has 0 amide bonds. The van der Waals surface area contributed by atoms with Gasteiger partial charge >= 0.3 is 0 Å². The maximum Gasteiger partial charge on any atom is 0.264 e. The molecule has 8 nitrogen and oxygen atoms in total. The van der Waals surface area contributed by atoms with Crippen LogP contribution in [0.15, 0.2) is 24.3 Å². The number of benzene rings is 1. The molecule has 1 aromatic heterocycles. The van der Waals surface area contributed by atoms with Crippen LogP contribution in [-0.2, 0) is 20.9 Å². The molecule has 0 aliphatic carbocycles. The van der Waals surface area contributed by atoms with Gasteiger partial charge in [0.2, 0.25) is 5.82 Å². The van der Waals surface area contributed by atoms with E-state index in [0.29, 0.717) is 11.3 Å². The van der Waals surface area contributed by atoms with Crippen molar-refractivity contribution in [3.05, 3.63) is 35.7 Å². The SMILES string of the molecule is CS(=O)(=O)OCc1nnn(-c2cccc(C#N)c2)n1. The second-order valence-electron chi connectivity index (χ2n) is 3.62. The summed E-state index contributed by atoms with van der Waals surface area (Å²) in [6.07, 6.45) is 0.938. The Morgan fingerprint density at radius 3 is 2.95 bits per heavy atom. The Bertz CT molecular complexity index is 732. The van der Waals surface area contributed by atoms with Crippen molar-refractivity contribution in [1.82, 2.24) is 20.2 Å². The lowest BCUT2D eigenvalue weighted by molar-refractivity contribution is 0.302. The second-order valence-corrected chi connectivity index (χ2v) is 5.27. The molecule has 1 aromatic carbocycles. The van der Waals surface area contributed by atoms with Crippen LogP contribution in [0.5, 0.6) is 0 Å². The van der Waals surface area contributed by atoms with E-state index < -0.39 is 10.1 Å². The van der Waals surface area contributed by atoms with E-state index in [0.717, 1.165) is 6.26 Å². The highest BCUT2D eigenvalue weighted by Gasteiger charge is 2.09. The fraction of sp³-hybridized carbons (Fsp3) is 0.200. The minimum absolute atomic E-state index is 0.132. The van der Waals surface area contributed by atoms with Crippen LogP contribution >= 0.6 is 0 Å². The van der Waals surface area contributed by atoms with E-state index in [1.807, 2.05) is 6.07 Å². The van der Waals surface area contributed by atoms with Crippen molar-refractivity contribution in [1.29, 1.82) is 5.26 Å². The summed E-state index contributed by atoms with van der Waals surface area (Å²) in [4.78, 5) is 1.20. The highest BCUT2D eigenvalue weighted by Crippen LogP contribution is 2.07. The molecule has 0 saturated heterocycles. The molecule has 0 atom stereocenters. The first-order valence-corrected chi connectivity index (χ1v) is 6.93. The Hall–Kier alpha value is -2.31. The fourth-order valence-corrected chi connectivity index (χ4v) is 1.59.